The second-order valence-electron chi connectivity index (χ2n) is 23.2. The van der Waals surface area contributed by atoms with Gasteiger partial charge in [0.25, 0.3) is 0 Å². The third kappa shape index (κ3) is 35.6. The molecule has 0 heterocycles. The van der Waals surface area contributed by atoms with Crippen molar-refractivity contribution in [2.45, 2.75) is 137 Å². The molecule has 0 saturated carbocycles. The summed E-state index contributed by atoms with van der Waals surface area (Å²) in [6.45, 7) is 30.4. The van der Waals surface area contributed by atoms with Crippen molar-refractivity contribution in [1.82, 2.24) is 16.0 Å². The van der Waals surface area contributed by atoms with Gasteiger partial charge < -0.3 is 64.5 Å². The fourth-order valence-corrected chi connectivity index (χ4v) is 7.47. The largest absolute Gasteiger partial charge is 0.508 e. The summed E-state index contributed by atoms with van der Waals surface area (Å²) in [4.78, 5) is 54.0. The normalized spacial score (nSPS) is 11.2. The number of rotatable bonds is 20. The van der Waals surface area contributed by atoms with E-state index in [0.29, 0.717) is 69.5 Å². The number of benzene rings is 5. The zero-order valence-corrected chi connectivity index (χ0v) is 53.0. The monoisotopic (exact) mass is 1200 g/mol. The number of carbonyl (C=O) groups excluding carboxylic acids is 4. The molecular weight excluding hydrogens is 1110 g/mol. The molecule has 5 aromatic rings. The number of para-hydroxylation sites is 5. The number of phenolic OH excluding ortho intramolecular Hbond substituents is 3. The van der Waals surface area contributed by atoms with E-state index < -0.39 is 48.3 Å². The highest BCUT2D eigenvalue weighted by Gasteiger charge is 2.37. The number of hydrogen-bond donors (Lipinski definition) is 7. The standard InChI is InChI=1S/C21H37NO4Si.C15H23NO4.C13H19NO3.C8H7NO3.C7H6O2/c1-20(2,3)26-19(23)22-14-13-17-11-9-10-12-18(17)24-15-16-25-27(7,8)21(4,5)6;1-15(2,3)20-14(18)16-9-8-12-6-4-5-7-13(12)19-11-10-17;1-13(2,3)17-12(16)14-9-8-10-6-4-5-7-11(10)15;10-8-4-2-1-3-7(8)5-6-9(11)12;8-5-6-3-1-2-4-7(6)9/h9-12H,13-16H2,1-8H3,(H,22,23);4-7,17H,8-11H2,1-3H3,(H,16,18);4-7,15H,8-9H2,1-3H3,(H,14,16);1-6,10H;1-5,9H. The summed E-state index contributed by atoms with van der Waals surface area (Å²) in [7, 11) is -1.75. The molecule has 0 radical (unpaired) electrons. The molecule has 3 amide bonds. The SMILES string of the molecule is CC(C)(C)OC(=O)NCCc1ccccc1O.CC(C)(C)OC(=O)NCCc1ccccc1OCCO.CC(C)(C)OC(=O)NCCc1ccccc1OCCO[Si](C)(C)C(C)(C)C.O=Cc1ccccc1O.O=[N+]([O-])C=Cc1ccccc1O. The Kier molecular flexibility index (Phi) is 33.4. The summed E-state index contributed by atoms with van der Waals surface area (Å²) in [5.41, 5.74) is 2.15. The van der Waals surface area contributed by atoms with Gasteiger partial charge in [0.15, 0.2) is 14.6 Å². The van der Waals surface area contributed by atoms with Crippen LogP contribution in [0.25, 0.3) is 6.08 Å². The first kappa shape index (κ1) is 74.9. The van der Waals surface area contributed by atoms with Gasteiger partial charge in [-0.15, -0.1) is 0 Å². The Morgan fingerprint density at radius 3 is 1.22 bits per heavy atom. The van der Waals surface area contributed by atoms with Gasteiger partial charge >= 0.3 is 18.3 Å². The molecule has 5 aromatic carbocycles. The molecule has 0 atom stereocenters. The minimum atomic E-state index is -1.75. The molecule has 5 rings (SSSR count). The van der Waals surface area contributed by atoms with Crippen LogP contribution in [0.2, 0.25) is 18.1 Å². The average Bonchev–Trinajstić information content (AvgIpc) is 3.60. The molecule has 0 aliphatic heterocycles. The Bertz CT molecular complexity index is 2820. The van der Waals surface area contributed by atoms with E-state index in [1.807, 2.05) is 123 Å². The second-order valence-corrected chi connectivity index (χ2v) is 28.1. The van der Waals surface area contributed by atoms with E-state index in [1.54, 1.807) is 48.5 Å². The zero-order chi connectivity index (χ0) is 64.3. The average molecular weight is 1200 g/mol. The molecule has 0 saturated heterocycles. The molecule has 0 unspecified atom stereocenters. The molecule has 21 heteroatoms. The van der Waals surface area contributed by atoms with Crippen molar-refractivity contribution in [2.24, 2.45) is 0 Å². The molecule has 85 heavy (non-hydrogen) atoms. The Hall–Kier alpha value is -8.14. The van der Waals surface area contributed by atoms with Gasteiger partial charge in [0.05, 0.1) is 23.7 Å². The van der Waals surface area contributed by atoms with E-state index in [-0.39, 0.29) is 35.5 Å². The van der Waals surface area contributed by atoms with Crippen LogP contribution < -0.4 is 25.4 Å². The minimum Gasteiger partial charge on any atom is -0.508 e. The van der Waals surface area contributed by atoms with Gasteiger partial charge in [-0.3, -0.25) is 14.9 Å². The van der Waals surface area contributed by atoms with Gasteiger partial charge in [0, 0.05) is 31.3 Å². The molecule has 7 N–H and O–H groups in total. The lowest BCUT2D eigenvalue weighted by Crippen LogP contribution is -2.41. The number of alkyl carbamates (subject to hydrolysis) is 3. The quantitative estimate of drug-likeness (QED) is 0.00952. The lowest BCUT2D eigenvalue weighted by atomic mass is 10.1. The van der Waals surface area contributed by atoms with Crippen molar-refractivity contribution in [1.29, 1.82) is 0 Å². The van der Waals surface area contributed by atoms with E-state index in [1.165, 1.54) is 18.2 Å². The highest BCUT2D eigenvalue weighted by atomic mass is 28.4. The lowest BCUT2D eigenvalue weighted by Gasteiger charge is -2.36. The van der Waals surface area contributed by atoms with Crippen molar-refractivity contribution >= 4 is 39.0 Å². The highest BCUT2D eigenvalue weighted by molar-refractivity contribution is 6.74. The highest BCUT2D eigenvalue weighted by Crippen LogP contribution is 2.36. The number of aromatic hydroxyl groups is 3. The summed E-state index contributed by atoms with van der Waals surface area (Å²) >= 11 is 0. The third-order valence-corrected chi connectivity index (χ3v) is 16.0. The van der Waals surface area contributed by atoms with Crippen LogP contribution in [0.1, 0.15) is 116 Å². The number of hydrogen-bond acceptors (Lipinski definition) is 16. The van der Waals surface area contributed by atoms with Crippen LogP contribution in [0.4, 0.5) is 14.4 Å². The first-order chi connectivity index (χ1) is 39.7. The van der Waals surface area contributed by atoms with Crippen molar-refractivity contribution in [3.8, 4) is 28.7 Å². The molecule has 0 bridgehead atoms. The molecule has 0 aromatic heterocycles. The molecular formula is C64H92N4O16Si. The molecule has 0 aliphatic carbocycles. The second kappa shape index (κ2) is 37.9. The van der Waals surface area contributed by atoms with Crippen LogP contribution in [0.3, 0.4) is 0 Å². The maximum Gasteiger partial charge on any atom is 0.407 e. The maximum absolute atomic E-state index is 11.7. The van der Waals surface area contributed by atoms with Gasteiger partial charge in [0.2, 0.25) is 6.20 Å². The number of nitrogens with zero attached hydrogens (tertiary/aromatic N) is 1. The summed E-state index contributed by atoms with van der Waals surface area (Å²) in [5.74, 6) is 1.89. The first-order valence-corrected chi connectivity index (χ1v) is 30.7. The topological polar surface area (TPSA) is 284 Å². The number of carbonyl (C=O) groups is 4. The minimum absolute atomic E-state index is 0.0233. The number of aliphatic hydroxyl groups excluding tert-OH is 1. The van der Waals surface area contributed by atoms with Crippen molar-refractivity contribution < 1.29 is 72.6 Å². The Morgan fingerprint density at radius 1 is 0.518 bits per heavy atom. The summed E-state index contributed by atoms with van der Waals surface area (Å²) < 4.78 is 33.0. The predicted octanol–water partition coefficient (Wildman–Crippen LogP) is 12.6. The van der Waals surface area contributed by atoms with Crippen molar-refractivity contribution in [2.75, 3.05) is 46.1 Å². The summed E-state index contributed by atoms with van der Waals surface area (Å²) in [6.07, 6.45) is 3.29. The van der Waals surface area contributed by atoms with Crippen LogP contribution in [-0.2, 0) is 37.9 Å². The lowest BCUT2D eigenvalue weighted by molar-refractivity contribution is -0.400. The number of nitrogens with one attached hydrogen (secondary N) is 3. The third-order valence-electron chi connectivity index (χ3n) is 11.5. The van der Waals surface area contributed by atoms with Gasteiger partial charge in [0.1, 0.15) is 58.8 Å². The summed E-state index contributed by atoms with van der Waals surface area (Å²) in [6, 6.07) is 35.3. The Labute approximate surface area is 503 Å². The molecule has 0 aliphatic rings. The van der Waals surface area contributed by atoms with Gasteiger partial charge in [-0.2, -0.15) is 0 Å². The Morgan fingerprint density at radius 2 is 0.871 bits per heavy atom. The number of ether oxygens (including phenoxy) is 5. The fourth-order valence-electron chi connectivity index (χ4n) is 6.44. The zero-order valence-electron chi connectivity index (χ0n) is 52.0. The Balaban J connectivity index is 0.000000555. The van der Waals surface area contributed by atoms with Crippen molar-refractivity contribution in [3.05, 3.63) is 165 Å². The molecule has 468 valence electrons. The molecule has 20 nitrogen and oxygen atoms in total. The predicted molar refractivity (Wildman–Crippen MR) is 334 cm³/mol. The van der Waals surface area contributed by atoms with Crippen LogP contribution >= 0.6 is 0 Å². The number of amides is 3. The maximum atomic E-state index is 11.7. The van der Waals surface area contributed by atoms with E-state index in [2.05, 4.69) is 49.8 Å². The van der Waals surface area contributed by atoms with E-state index in [0.717, 1.165) is 34.4 Å². The van der Waals surface area contributed by atoms with Gasteiger partial charge in [-0.05, 0) is 153 Å². The van der Waals surface area contributed by atoms with Crippen molar-refractivity contribution in [3.63, 3.8) is 0 Å². The first-order valence-electron chi connectivity index (χ1n) is 27.8. The summed E-state index contributed by atoms with van der Waals surface area (Å²) in [5, 5.41) is 54.6. The van der Waals surface area contributed by atoms with E-state index >= 15 is 0 Å². The van der Waals surface area contributed by atoms with Gasteiger partial charge in [-0.25, -0.2) is 14.4 Å². The number of aliphatic hydroxyl groups is 1. The number of phenols is 3. The van der Waals surface area contributed by atoms with Crippen LogP contribution in [-0.4, -0.2) is 121 Å². The van der Waals surface area contributed by atoms with Crippen LogP contribution in [0, 0.1) is 10.1 Å². The number of nitro groups is 1. The molecule has 0 spiro atoms. The van der Waals surface area contributed by atoms with Crippen LogP contribution in [0.5, 0.6) is 28.7 Å². The number of aldehydes is 1. The van der Waals surface area contributed by atoms with Crippen LogP contribution in [0.15, 0.2) is 128 Å². The van der Waals surface area contributed by atoms with E-state index in [9.17, 15) is 34.4 Å². The molecule has 0 fully saturated rings. The fraction of sp³-hybridized carbons (Fsp3) is 0.438. The smallest absolute Gasteiger partial charge is 0.407 e. The van der Waals surface area contributed by atoms with Gasteiger partial charge in [-0.1, -0.05) is 106 Å². The van der Waals surface area contributed by atoms with E-state index in [4.69, 9.17) is 43.4 Å².